The Balaban J connectivity index is 1.52. The predicted octanol–water partition coefficient (Wildman–Crippen LogP) is 3.85. The number of fused-ring (bicyclic) bond motifs is 7. The molecule has 3 saturated carbocycles. The van der Waals surface area contributed by atoms with E-state index in [0.29, 0.717) is 30.0 Å². The fraction of sp³-hybridized carbons (Fsp3) is 0.810. The Morgan fingerprint density at radius 3 is 2.71 bits per heavy atom. The van der Waals surface area contributed by atoms with Crippen molar-refractivity contribution >= 4 is 11.6 Å². The first kappa shape index (κ1) is 15.3. The summed E-state index contributed by atoms with van der Waals surface area (Å²) in [4.78, 5) is 24.3. The maximum absolute atomic E-state index is 12.4. The lowest BCUT2D eigenvalue weighted by Crippen LogP contribution is -2.54. The third kappa shape index (κ3) is 1.54. The molecule has 0 aromatic carbocycles. The highest BCUT2D eigenvalue weighted by Crippen LogP contribution is 2.73. The van der Waals surface area contributed by atoms with Crippen molar-refractivity contribution in [1.82, 2.24) is 0 Å². The first-order valence-electron chi connectivity index (χ1n) is 9.76. The van der Waals surface area contributed by atoms with E-state index in [4.69, 9.17) is 4.74 Å². The van der Waals surface area contributed by atoms with Gasteiger partial charge in [0.1, 0.15) is 0 Å². The molecule has 7 atom stereocenters. The summed E-state index contributed by atoms with van der Waals surface area (Å²) in [6.07, 6.45) is 9.53. The molecule has 4 aliphatic carbocycles. The molecule has 1 heterocycles. The second-order valence-electron chi connectivity index (χ2n) is 9.56. The molecule has 3 heteroatoms. The lowest BCUT2D eigenvalue weighted by molar-refractivity contribution is -0.136. The number of ketones is 2. The molecule has 0 N–H and O–H groups in total. The maximum Gasteiger partial charge on any atom is 0.164 e. The second kappa shape index (κ2) is 4.41. The van der Waals surface area contributed by atoms with Gasteiger partial charge >= 0.3 is 0 Å². The predicted molar refractivity (Wildman–Crippen MR) is 90.4 cm³/mol. The van der Waals surface area contributed by atoms with Gasteiger partial charge in [-0.2, -0.15) is 0 Å². The molecule has 0 radical (unpaired) electrons. The monoisotopic (exact) mass is 328 g/mol. The van der Waals surface area contributed by atoms with Gasteiger partial charge in [0.15, 0.2) is 17.2 Å². The van der Waals surface area contributed by atoms with E-state index in [1.165, 1.54) is 18.4 Å². The number of rotatable bonds is 1. The SMILES string of the molecule is CC(=O)[C@@]12O[C@@H]1C[C@H]1[C@@H]3CCC4=CC(=O)CC[C@]4(C)[C@@H]3CC[C@@]12C. The van der Waals surface area contributed by atoms with Crippen molar-refractivity contribution in [2.45, 2.75) is 77.4 Å². The van der Waals surface area contributed by atoms with Gasteiger partial charge in [-0.05, 0) is 74.7 Å². The van der Waals surface area contributed by atoms with Crippen LogP contribution in [0, 0.1) is 28.6 Å². The van der Waals surface area contributed by atoms with E-state index >= 15 is 0 Å². The number of ether oxygens (including phenoxy) is 1. The minimum atomic E-state index is -0.456. The van der Waals surface area contributed by atoms with Crippen molar-refractivity contribution in [2.24, 2.45) is 28.6 Å². The Labute approximate surface area is 144 Å². The van der Waals surface area contributed by atoms with E-state index in [9.17, 15) is 9.59 Å². The van der Waals surface area contributed by atoms with Crippen LogP contribution < -0.4 is 0 Å². The van der Waals surface area contributed by atoms with E-state index in [-0.39, 0.29) is 22.7 Å². The van der Waals surface area contributed by atoms with Gasteiger partial charge in [0.05, 0.1) is 6.10 Å². The van der Waals surface area contributed by atoms with E-state index in [1.54, 1.807) is 6.92 Å². The summed E-state index contributed by atoms with van der Waals surface area (Å²) in [5.41, 5.74) is 1.22. The number of epoxide rings is 1. The third-order valence-electron chi connectivity index (χ3n) is 8.92. The molecule has 24 heavy (non-hydrogen) atoms. The van der Waals surface area contributed by atoms with Crippen LogP contribution in [-0.4, -0.2) is 23.3 Å². The Bertz CT molecular complexity index is 679. The van der Waals surface area contributed by atoms with Gasteiger partial charge in [-0.15, -0.1) is 0 Å². The summed E-state index contributed by atoms with van der Waals surface area (Å²) in [7, 11) is 0. The maximum atomic E-state index is 12.4. The minimum absolute atomic E-state index is 0.0345. The number of allylic oxidation sites excluding steroid dienone is 1. The summed E-state index contributed by atoms with van der Waals surface area (Å²) in [6, 6.07) is 0. The quantitative estimate of drug-likeness (QED) is 0.687. The highest BCUT2D eigenvalue weighted by molar-refractivity contribution is 5.92. The number of carbonyl (C=O) groups excluding carboxylic acids is 2. The molecular formula is C21H28O3. The topological polar surface area (TPSA) is 46.7 Å². The molecule has 0 unspecified atom stereocenters. The summed E-state index contributed by atoms with van der Waals surface area (Å²) in [6.45, 7) is 6.48. The van der Waals surface area contributed by atoms with Crippen molar-refractivity contribution in [1.29, 1.82) is 0 Å². The third-order valence-corrected chi connectivity index (χ3v) is 8.92. The molecule has 130 valence electrons. The molecule has 4 fully saturated rings. The first-order valence-corrected chi connectivity index (χ1v) is 9.76. The zero-order valence-corrected chi connectivity index (χ0v) is 15.1. The lowest BCUT2D eigenvalue weighted by atomic mass is 9.46. The van der Waals surface area contributed by atoms with Crippen LogP contribution in [0.25, 0.3) is 0 Å². The summed E-state index contributed by atoms with van der Waals surface area (Å²) < 4.78 is 5.99. The van der Waals surface area contributed by atoms with Crippen molar-refractivity contribution in [3.63, 3.8) is 0 Å². The van der Waals surface area contributed by atoms with Crippen molar-refractivity contribution < 1.29 is 14.3 Å². The average Bonchev–Trinajstić information content (AvgIpc) is 3.21. The van der Waals surface area contributed by atoms with Crippen LogP contribution in [0.4, 0.5) is 0 Å². The van der Waals surface area contributed by atoms with E-state index in [2.05, 4.69) is 13.8 Å². The Morgan fingerprint density at radius 1 is 1.17 bits per heavy atom. The second-order valence-corrected chi connectivity index (χ2v) is 9.56. The Hall–Kier alpha value is -0.960. The minimum Gasteiger partial charge on any atom is -0.357 e. The zero-order valence-electron chi connectivity index (χ0n) is 15.1. The highest BCUT2D eigenvalue weighted by atomic mass is 16.6. The molecule has 1 aliphatic heterocycles. The molecule has 0 aromatic rings. The highest BCUT2D eigenvalue weighted by Gasteiger charge is 2.79. The fourth-order valence-electron chi connectivity index (χ4n) is 7.62. The summed E-state index contributed by atoms with van der Waals surface area (Å²) in [5.74, 6) is 2.58. The van der Waals surface area contributed by atoms with E-state index in [0.717, 1.165) is 25.7 Å². The Morgan fingerprint density at radius 2 is 1.96 bits per heavy atom. The van der Waals surface area contributed by atoms with Gasteiger partial charge in [0.2, 0.25) is 0 Å². The van der Waals surface area contributed by atoms with Crippen LogP contribution >= 0.6 is 0 Å². The zero-order chi connectivity index (χ0) is 16.9. The standard InChI is InChI=1S/C21H28O3/c1-12(22)21-18(24-21)11-17-15-5-4-13-10-14(23)6-8-19(13,2)16(15)7-9-20(17,21)3/h10,15-18H,4-9,11H2,1-3H3/t15-,16-,17+,18-,19+,20+,21-/m1/s1. The van der Waals surface area contributed by atoms with Gasteiger partial charge in [0, 0.05) is 11.8 Å². The number of hydrogen-bond acceptors (Lipinski definition) is 3. The van der Waals surface area contributed by atoms with Crippen molar-refractivity contribution in [3.8, 4) is 0 Å². The Kier molecular flexibility index (Phi) is 2.81. The number of hydrogen-bond donors (Lipinski definition) is 0. The molecule has 3 nitrogen and oxygen atoms in total. The number of Topliss-reactive ketones (excluding diaryl/α,β-unsaturated/α-hetero) is 1. The average molecular weight is 328 g/mol. The van der Waals surface area contributed by atoms with Gasteiger partial charge in [-0.1, -0.05) is 19.4 Å². The summed E-state index contributed by atoms with van der Waals surface area (Å²) in [5, 5.41) is 0. The van der Waals surface area contributed by atoms with Gasteiger partial charge in [-0.25, -0.2) is 0 Å². The summed E-state index contributed by atoms with van der Waals surface area (Å²) >= 11 is 0. The fourth-order valence-corrected chi connectivity index (χ4v) is 7.62. The van der Waals surface area contributed by atoms with Crippen LogP contribution in [0.3, 0.4) is 0 Å². The van der Waals surface area contributed by atoms with Gasteiger partial charge in [0.25, 0.3) is 0 Å². The molecule has 5 rings (SSSR count). The van der Waals surface area contributed by atoms with Crippen LogP contribution in [-0.2, 0) is 14.3 Å². The smallest absolute Gasteiger partial charge is 0.164 e. The van der Waals surface area contributed by atoms with Gasteiger partial charge < -0.3 is 4.74 Å². The van der Waals surface area contributed by atoms with Crippen LogP contribution in [0.2, 0.25) is 0 Å². The molecule has 5 aliphatic rings. The van der Waals surface area contributed by atoms with Crippen LogP contribution in [0.15, 0.2) is 11.6 Å². The molecule has 0 aromatic heterocycles. The van der Waals surface area contributed by atoms with Crippen LogP contribution in [0.1, 0.15) is 65.7 Å². The molecule has 0 bridgehead atoms. The largest absolute Gasteiger partial charge is 0.357 e. The molecule has 0 amide bonds. The first-order chi connectivity index (χ1) is 11.3. The van der Waals surface area contributed by atoms with Gasteiger partial charge in [-0.3, -0.25) is 9.59 Å². The molecule has 0 spiro atoms. The molecule has 1 saturated heterocycles. The van der Waals surface area contributed by atoms with Crippen LogP contribution in [0.5, 0.6) is 0 Å². The number of carbonyl (C=O) groups is 2. The van der Waals surface area contributed by atoms with Crippen molar-refractivity contribution in [3.05, 3.63) is 11.6 Å². The normalized spacial score (nSPS) is 55.0. The van der Waals surface area contributed by atoms with Crippen molar-refractivity contribution in [2.75, 3.05) is 0 Å². The lowest BCUT2D eigenvalue weighted by Gasteiger charge is -2.58. The molecular weight excluding hydrogens is 300 g/mol. The van der Waals surface area contributed by atoms with E-state index < -0.39 is 5.60 Å². The van der Waals surface area contributed by atoms with E-state index in [1.807, 2.05) is 6.08 Å².